The Balaban J connectivity index is 1.24. The number of carbonyl (C=O) groups excluding carboxylic acids is 2. The Hall–Kier alpha value is -3.71. The first-order valence-corrected chi connectivity index (χ1v) is 20.1. The van der Waals surface area contributed by atoms with Crippen molar-refractivity contribution in [1.82, 2.24) is 14.7 Å². The molecule has 9 nitrogen and oxygen atoms in total. The van der Waals surface area contributed by atoms with E-state index in [2.05, 4.69) is 21.0 Å². The lowest BCUT2D eigenvalue weighted by molar-refractivity contribution is -0.150. The molecule has 3 aliphatic rings. The molecule has 1 spiro atoms. The minimum absolute atomic E-state index is 0.0558. The maximum absolute atomic E-state index is 16.3. The van der Waals surface area contributed by atoms with Crippen molar-refractivity contribution in [3.05, 3.63) is 98.9 Å². The highest BCUT2D eigenvalue weighted by Crippen LogP contribution is 2.60. The fourth-order valence-electron chi connectivity index (χ4n) is 8.26. The summed E-state index contributed by atoms with van der Waals surface area (Å²) in [5.74, 6) is -1.04. The number of hydrogen-bond acceptors (Lipinski definition) is 6. The SMILES string of the molecule is C[C@H]1[C@H]([Si](C)(C)F)[C@@H](CC(=O)N2CCC[C@H]2CO)O[C@]12C(=O)N(Cc1cccc(-n3ncc4ccccc4c3=O)c1)c1ccc(Br)cc12. The molecule has 12 heteroatoms. The molecule has 2 fully saturated rings. The van der Waals surface area contributed by atoms with Gasteiger partial charge in [0.05, 0.1) is 54.7 Å². The van der Waals surface area contributed by atoms with Crippen molar-refractivity contribution < 1.29 is 23.5 Å². The van der Waals surface area contributed by atoms with Gasteiger partial charge in [-0.2, -0.15) is 9.78 Å². The molecular weight excluding hydrogens is 695 g/mol. The van der Waals surface area contributed by atoms with Gasteiger partial charge in [0.15, 0.2) is 5.60 Å². The van der Waals surface area contributed by atoms with E-state index in [0.29, 0.717) is 28.9 Å². The molecule has 3 aliphatic heterocycles. The second-order valence-electron chi connectivity index (χ2n) is 13.7. The zero-order chi connectivity index (χ0) is 34.0. The van der Waals surface area contributed by atoms with Gasteiger partial charge in [0, 0.05) is 33.4 Å². The average molecular weight is 734 g/mol. The number of aliphatic hydroxyl groups excluding tert-OH is 1. The van der Waals surface area contributed by atoms with Crippen LogP contribution in [0.25, 0.3) is 16.5 Å². The molecule has 1 aromatic heterocycles. The molecule has 0 radical (unpaired) electrons. The number of ether oxygens (including phenoxy) is 1. The number of likely N-dealkylation sites (tertiary alicyclic amines) is 1. The standard InChI is InChI=1S/C36H38BrFN4O5Si/c1-22-33(48(2,3)38)31(18-32(44)40-15-7-11-27(40)21-43)47-36(22)29-17-25(37)13-14-30(29)41(35(36)46)20-23-8-6-10-26(16-23)42-34(45)28-12-5-4-9-24(28)19-39-42/h4-6,8-10,12-14,16-17,19,22,27,31,33,43H,7,11,15,18,20-21H2,1-3H3/t22-,27-,31+,33-,36+/m0/s1. The number of aliphatic hydroxyl groups is 1. The minimum atomic E-state index is -3.47. The van der Waals surface area contributed by atoms with Crippen LogP contribution in [-0.2, 0) is 26.5 Å². The Labute approximate surface area is 287 Å². The van der Waals surface area contributed by atoms with Gasteiger partial charge in [0.2, 0.25) is 14.3 Å². The summed E-state index contributed by atoms with van der Waals surface area (Å²) in [5, 5.41) is 15.6. The molecule has 250 valence electrons. The first-order chi connectivity index (χ1) is 22.9. The number of fused-ring (bicyclic) bond motifs is 3. The number of carbonyl (C=O) groups is 2. The number of amides is 2. The highest BCUT2D eigenvalue weighted by Gasteiger charge is 2.67. The number of rotatable bonds is 7. The van der Waals surface area contributed by atoms with Gasteiger partial charge in [-0.1, -0.05) is 53.2 Å². The van der Waals surface area contributed by atoms with Crippen LogP contribution >= 0.6 is 15.9 Å². The summed E-state index contributed by atoms with van der Waals surface area (Å²) in [6, 6.07) is 20.0. The number of aromatic nitrogens is 2. The molecule has 0 unspecified atom stereocenters. The summed E-state index contributed by atoms with van der Waals surface area (Å²) >= 11 is 3.58. The third kappa shape index (κ3) is 5.33. The molecule has 2 amide bonds. The van der Waals surface area contributed by atoms with E-state index in [4.69, 9.17) is 4.74 Å². The molecule has 0 aliphatic carbocycles. The number of benzene rings is 3. The van der Waals surface area contributed by atoms with E-state index >= 15 is 4.11 Å². The predicted octanol–water partition coefficient (Wildman–Crippen LogP) is 5.84. The van der Waals surface area contributed by atoms with Crippen molar-refractivity contribution in [2.24, 2.45) is 5.92 Å². The molecule has 48 heavy (non-hydrogen) atoms. The van der Waals surface area contributed by atoms with Crippen LogP contribution in [0.5, 0.6) is 0 Å². The third-order valence-corrected chi connectivity index (χ3v) is 13.3. The van der Waals surface area contributed by atoms with Crippen LogP contribution in [0.2, 0.25) is 18.6 Å². The van der Waals surface area contributed by atoms with Crippen LogP contribution in [0.1, 0.15) is 37.3 Å². The summed E-state index contributed by atoms with van der Waals surface area (Å²) in [6.07, 6.45) is 2.33. The number of nitrogens with zero attached hydrogens (tertiary/aromatic N) is 4. The monoisotopic (exact) mass is 732 g/mol. The maximum Gasteiger partial charge on any atom is 0.279 e. The largest absolute Gasteiger partial charge is 0.394 e. The fraction of sp³-hybridized carbons (Fsp3) is 0.389. The summed E-state index contributed by atoms with van der Waals surface area (Å²) in [6.45, 7) is 5.72. The lowest BCUT2D eigenvalue weighted by Gasteiger charge is -2.31. The van der Waals surface area contributed by atoms with Gasteiger partial charge < -0.3 is 23.8 Å². The highest BCUT2D eigenvalue weighted by atomic mass is 79.9. The predicted molar refractivity (Wildman–Crippen MR) is 187 cm³/mol. The first-order valence-electron chi connectivity index (χ1n) is 16.4. The maximum atomic E-state index is 16.3. The van der Waals surface area contributed by atoms with Crippen LogP contribution in [0.4, 0.5) is 9.80 Å². The Morgan fingerprint density at radius 1 is 1.12 bits per heavy atom. The first kappa shape index (κ1) is 32.8. The second kappa shape index (κ2) is 12.3. The zero-order valence-electron chi connectivity index (χ0n) is 27.1. The Bertz CT molecular complexity index is 1980. The van der Waals surface area contributed by atoms with Crippen LogP contribution in [0, 0.1) is 5.92 Å². The van der Waals surface area contributed by atoms with Crippen molar-refractivity contribution in [3.63, 3.8) is 0 Å². The fourth-order valence-corrected chi connectivity index (χ4v) is 11.1. The van der Waals surface area contributed by atoms with Crippen molar-refractivity contribution in [2.45, 2.75) is 69.1 Å². The van der Waals surface area contributed by atoms with Gasteiger partial charge in [-0.25, -0.2) is 0 Å². The van der Waals surface area contributed by atoms with E-state index in [1.165, 1.54) is 4.68 Å². The van der Waals surface area contributed by atoms with E-state index in [1.807, 2.05) is 61.5 Å². The van der Waals surface area contributed by atoms with Crippen molar-refractivity contribution in [2.75, 3.05) is 18.1 Å². The van der Waals surface area contributed by atoms with Crippen molar-refractivity contribution >= 4 is 52.6 Å². The third-order valence-electron chi connectivity index (χ3n) is 10.4. The Morgan fingerprint density at radius 3 is 2.69 bits per heavy atom. The van der Waals surface area contributed by atoms with Gasteiger partial charge >= 0.3 is 0 Å². The zero-order valence-corrected chi connectivity index (χ0v) is 29.7. The molecule has 4 aromatic rings. The quantitative estimate of drug-likeness (QED) is 0.189. The van der Waals surface area contributed by atoms with Crippen LogP contribution < -0.4 is 10.5 Å². The van der Waals surface area contributed by atoms with Crippen LogP contribution in [0.3, 0.4) is 0 Å². The topological polar surface area (TPSA) is 105 Å². The Kier molecular flexibility index (Phi) is 8.42. The second-order valence-corrected chi connectivity index (χ2v) is 18.4. The number of hydrogen-bond donors (Lipinski definition) is 1. The van der Waals surface area contributed by atoms with Gasteiger partial charge in [-0.05, 0) is 67.9 Å². The molecular formula is C36H38BrFN4O5Si. The lowest BCUT2D eigenvalue weighted by atomic mass is 9.82. The molecule has 0 bridgehead atoms. The van der Waals surface area contributed by atoms with E-state index in [0.717, 1.165) is 28.3 Å². The van der Waals surface area contributed by atoms with E-state index in [-0.39, 0.29) is 43.0 Å². The lowest BCUT2D eigenvalue weighted by Crippen LogP contribution is -2.45. The molecule has 7 rings (SSSR count). The molecule has 4 heterocycles. The van der Waals surface area contributed by atoms with Crippen molar-refractivity contribution in [1.29, 1.82) is 0 Å². The summed E-state index contributed by atoms with van der Waals surface area (Å²) < 4.78 is 25.2. The molecule has 2 saturated heterocycles. The van der Waals surface area contributed by atoms with Crippen molar-refractivity contribution in [3.8, 4) is 5.69 Å². The van der Waals surface area contributed by atoms with E-state index < -0.39 is 31.6 Å². The molecule has 3 aromatic carbocycles. The normalized spacial score (nSPS) is 25.4. The van der Waals surface area contributed by atoms with Gasteiger partial charge in [0.1, 0.15) is 0 Å². The summed E-state index contributed by atoms with van der Waals surface area (Å²) in [5.41, 5.74) is 0.289. The van der Waals surface area contributed by atoms with Crippen LogP contribution in [-0.4, -0.2) is 65.3 Å². The molecule has 0 saturated carbocycles. The van der Waals surface area contributed by atoms with Gasteiger partial charge in [0.25, 0.3) is 11.5 Å². The van der Waals surface area contributed by atoms with E-state index in [1.54, 1.807) is 41.2 Å². The van der Waals surface area contributed by atoms with Crippen LogP contribution in [0.15, 0.2) is 82.2 Å². The number of anilines is 1. The average Bonchev–Trinajstić information content (AvgIpc) is 3.72. The van der Waals surface area contributed by atoms with Gasteiger partial charge in [-0.3, -0.25) is 14.4 Å². The summed E-state index contributed by atoms with van der Waals surface area (Å²) in [7, 11) is -3.47. The molecule has 1 N–H and O–H groups in total. The molecule has 5 atom stereocenters. The number of halogens is 2. The van der Waals surface area contributed by atoms with Gasteiger partial charge in [-0.15, -0.1) is 0 Å². The Morgan fingerprint density at radius 2 is 1.92 bits per heavy atom. The minimum Gasteiger partial charge on any atom is -0.394 e. The summed E-state index contributed by atoms with van der Waals surface area (Å²) in [4.78, 5) is 45.1. The smallest absolute Gasteiger partial charge is 0.279 e. The van der Waals surface area contributed by atoms with E-state index in [9.17, 15) is 19.5 Å². The highest BCUT2D eigenvalue weighted by molar-refractivity contribution is 9.10.